The summed E-state index contributed by atoms with van der Waals surface area (Å²) >= 11 is 0. The predicted molar refractivity (Wildman–Crippen MR) is 80.0 cm³/mol. The number of hydrogen-bond donors (Lipinski definition) is 1. The quantitative estimate of drug-likeness (QED) is 0.849. The van der Waals surface area contributed by atoms with Crippen LogP contribution >= 0.6 is 0 Å². The first kappa shape index (κ1) is 14.4. The van der Waals surface area contributed by atoms with Crippen molar-refractivity contribution in [2.45, 2.75) is 26.7 Å². The molecule has 3 heteroatoms. The summed E-state index contributed by atoms with van der Waals surface area (Å²) in [5.41, 5.74) is 2.86. The molecular weight excluding hydrogens is 236 g/mol. The van der Waals surface area contributed by atoms with E-state index in [2.05, 4.69) is 42.3 Å². The van der Waals surface area contributed by atoms with Crippen LogP contribution in [0.15, 0.2) is 18.2 Å². The first-order valence-corrected chi connectivity index (χ1v) is 7.51. The van der Waals surface area contributed by atoms with Gasteiger partial charge in [0, 0.05) is 32.7 Å². The van der Waals surface area contributed by atoms with Crippen LogP contribution in [0.1, 0.15) is 25.0 Å². The van der Waals surface area contributed by atoms with Gasteiger partial charge in [-0.05, 0) is 36.1 Å². The molecule has 1 fully saturated rings. The summed E-state index contributed by atoms with van der Waals surface area (Å²) in [7, 11) is 0. The average molecular weight is 262 g/mol. The molecule has 0 spiro atoms. The number of rotatable bonds is 6. The monoisotopic (exact) mass is 262 g/mol. The number of aryl methyl sites for hydroxylation is 2. The molecule has 0 radical (unpaired) electrons. The molecule has 1 aliphatic rings. The summed E-state index contributed by atoms with van der Waals surface area (Å²) in [6, 6.07) is 6.52. The fourth-order valence-corrected chi connectivity index (χ4v) is 2.59. The molecule has 1 saturated heterocycles. The highest BCUT2D eigenvalue weighted by molar-refractivity contribution is 5.35. The Morgan fingerprint density at radius 3 is 2.53 bits per heavy atom. The van der Waals surface area contributed by atoms with Gasteiger partial charge < -0.3 is 10.1 Å². The molecular formula is C16H26N2O. The summed E-state index contributed by atoms with van der Waals surface area (Å²) in [4.78, 5) is 2.46. The highest BCUT2D eigenvalue weighted by Gasteiger charge is 2.09. The second-order valence-electron chi connectivity index (χ2n) is 5.08. The lowest BCUT2D eigenvalue weighted by atomic mass is 10.0. The van der Waals surface area contributed by atoms with Gasteiger partial charge in [0.25, 0.3) is 0 Å². The lowest BCUT2D eigenvalue weighted by molar-refractivity contribution is 0.191. The number of nitrogens with one attached hydrogen (secondary N) is 1. The van der Waals surface area contributed by atoms with Crippen LogP contribution in [0.3, 0.4) is 0 Å². The lowest BCUT2D eigenvalue weighted by Gasteiger charge is -2.27. The van der Waals surface area contributed by atoms with Crippen LogP contribution in [-0.2, 0) is 12.8 Å². The fraction of sp³-hybridized carbons (Fsp3) is 0.625. The van der Waals surface area contributed by atoms with Crippen molar-refractivity contribution in [3.63, 3.8) is 0 Å². The summed E-state index contributed by atoms with van der Waals surface area (Å²) in [6.07, 6.45) is 2.18. The molecule has 1 heterocycles. The van der Waals surface area contributed by atoms with E-state index in [0.717, 1.165) is 57.9 Å². The molecule has 0 atom stereocenters. The van der Waals surface area contributed by atoms with Crippen molar-refractivity contribution in [1.82, 2.24) is 10.2 Å². The van der Waals surface area contributed by atoms with Crippen molar-refractivity contribution in [2.75, 3.05) is 39.3 Å². The van der Waals surface area contributed by atoms with Crippen LogP contribution in [0.2, 0.25) is 0 Å². The van der Waals surface area contributed by atoms with E-state index in [0.29, 0.717) is 0 Å². The summed E-state index contributed by atoms with van der Waals surface area (Å²) < 4.78 is 5.89. The Labute approximate surface area is 116 Å². The molecule has 2 rings (SSSR count). The minimum Gasteiger partial charge on any atom is -0.492 e. The van der Waals surface area contributed by atoms with Gasteiger partial charge in [-0.25, -0.2) is 0 Å². The van der Waals surface area contributed by atoms with Gasteiger partial charge in [0.15, 0.2) is 0 Å². The summed E-state index contributed by atoms with van der Waals surface area (Å²) in [6.45, 7) is 10.7. The van der Waals surface area contributed by atoms with Crippen LogP contribution in [-0.4, -0.2) is 44.2 Å². The van der Waals surface area contributed by atoms with Crippen LogP contribution in [0.5, 0.6) is 5.75 Å². The summed E-state index contributed by atoms with van der Waals surface area (Å²) in [5.74, 6) is 1.02. The van der Waals surface area contributed by atoms with E-state index in [4.69, 9.17) is 4.74 Å². The molecule has 1 aromatic carbocycles. The normalized spacial score (nSPS) is 16.5. The molecule has 0 saturated carbocycles. The second kappa shape index (κ2) is 7.51. The van der Waals surface area contributed by atoms with Crippen molar-refractivity contribution in [3.8, 4) is 5.75 Å². The maximum atomic E-state index is 5.89. The zero-order valence-corrected chi connectivity index (χ0v) is 12.2. The van der Waals surface area contributed by atoms with E-state index >= 15 is 0 Å². The van der Waals surface area contributed by atoms with Gasteiger partial charge in [-0.3, -0.25) is 4.90 Å². The van der Waals surface area contributed by atoms with Crippen LogP contribution in [0, 0.1) is 0 Å². The Hall–Kier alpha value is -1.06. The SMILES string of the molecule is CCc1ccc(OCCN2CCNCC2)cc1CC. The van der Waals surface area contributed by atoms with E-state index in [1.165, 1.54) is 11.1 Å². The van der Waals surface area contributed by atoms with Gasteiger partial charge in [-0.1, -0.05) is 19.9 Å². The summed E-state index contributed by atoms with van der Waals surface area (Å²) in [5, 5.41) is 3.37. The minimum atomic E-state index is 0.786. The Morgan fingerprint density at radius 2 is 1.84 bits per heavy atom. The van der Waals surface area contributed by atoms with Crippen molar-refractivity contribution in [3.05, 3.63) is 29.3 Å². The maximum absolute atomic E-state index is 5.89. The molecule has 0 bridgehead atoms. The van der Waals surface area contributed by atoms with Crippen LogP contribution in [0.25, 0.3) is 0 Å². The smallest absolute Gasteiger partial charge is 0.119 e. The van der Waals surface area contributed by atoms with E-state index < -0.39 is 0 Å². The van der Waals surface area contributed by atoms with E-state index in [1.54, 1.807) is 0 Å². The molecule has 19 heavy (non-hydrogen) atoms. The van der Waals surface area contributed by atoms with Gasteiger partial charge in [0.1, 0.15) is 12.4 Å². The third-order valence-corrected chi connectivity index (χ3v) is 3.83. The van der Waals surface area contributed by atoms with Crippen molar-refractivity contribution in [2.24, 2.45) is 0 Å². The van der Waals surface area contributed by atoms with Crippen molar-refractivity contribution < 1.29 is 4.74 Å². The van der Waals surface area contributed by atoms with Gasteiger partial charge in [-0.15, -0.1) is 0 Å². The zero-order chi connectivity index (χ0) is 13.5. The maximum Gasteiger partial charge on any atom is 0.119 e. The number of benzene rings is 1. The van der Waals surface area contributed by atoms with Gasteiger partial charge in [-0.2, -0.15) is 0 Å². The second-order valence-corrected chi connectivity index (χ2v) is 5.08. The number of ether oxygens (including phenoxy) is 1. The van der Waals surface area contributed by atoms with E-state index in [1.807, 2.05) is 0 Å². The van der Waals surface area contributed by atoms with E-state index in [9.17, 15) is 0 Å². The predicted octanol–water partition coefficient (Wildman–Crippen LogP) is 2.10. The fourth-order valence-electron chi connectivity index (χ4n) is 2.59. The van der Waals surface area contributed by atoms with Crippen LogP contribution < -0.4 is 10.1 Å². The number of piperazine rings is 1. The van der Waals surface area contributed by atoms with Crippen molar-refractivity contribution in [1.29, 1.82) is 0 Å². The highest BCUT2D eigenvalue weighted by atomic mass is 16.5. The molecule has 0 unspecified atom stereocenters. The number of nitrogens with zero attached hydrogens (tertiary/aromatic N) is 1. The molecule has 1 aliphatic heterocycles. The molecule has 0 aromatic heterocycles. The third kappa shape index (κ3) is 4.22. The van der Waals surface area contributed by atoms with Gasteiger partial charge in [0.2, 0.25) is 0 Å². The Balaban J connectivity index is 1.81. The highest BCUT2D eigenvalue weighted by Crippen LogP contribution is 2.19. The van der Waals surface area contributed by atoms with E-state index in [-0.39, 0.29) is 0 Å². The van der Waals surface area contributed by atoms with Gasteiger partial charge in [0.05, 0.1) is 0 Å². The average Bonchev–Trinajstić information content (AvgIpc) is 2.48. The molecule has 1 aromatic rings. The first-order chi connectivity index (χ1) is 9.33. The third-order valence-electron chi connectivity index (χ3n) is 3.83. The Morgan fingerprint density at radius 1 is 1.11 bits per heavy atom. The Kier molecular flexibility index (Phi) is 5.67. The minimum absolute atomic E-state index is 0.786. The molecule has 3 nitrogen and oxygen atoms in total. The molecule has 1 N–H and O–H groups in total. The Bertz CT molecular complexity index is 386. The standard InChI is InChI=1S/C16H26N2O/c1-3-14-5-6-16(13-15(14)4-2)19-12-11-18-9-7-17-8-10-18/h5-6,13,17H,3-4,7-12H2,1-2H3. The molecule has 0 amide bonds. The molecule has 106 valence electrons. The van der Waals surface area contributed by atoms with Gasteiger partial charge >= 0.3 is 0 Å². The van der Waals surface area contributed by atoms with Crippen molar-refractivity contribution >= 4 is 0 Å². The topological polar surface area (TPSA) is 24.5 Å². The lowest BCUT2D eigenvalue weighted by Crippen LogP contribution is -2.44. The zero-order valence-electron chi connectivity index (χ0n) is 12.2. The number of hydrogen-bond acceptors (Lipinski definition) is 3. The first-order valence-electron chi connectivity index (χ1n) is 7.51. The molecule has 0 aliphatic carbocycles. The van der Waals surface area contributed by atoms with Crippen LogP contribution in [0.4, 0.5) is 0 Å². The largest absolute Gasteiger partial charge is 0.492 e.